The number of rotatable bonds is 88. The minimum Gasteiger partial charge on any atom is -0.466 e. The minimum absolute atomic E-state index is 0.104. The third-order valence-corrected chi connectivity index (χ3v) is 23.5. The zero-order chi connectivity index (χ0) is 77.4. The molecule has 10 heteroatoms. The van der Waals surface area contributed by atoms with E-state index in [1.807, 2.05) is 0 Å². The van der Waals surface area contributed by atoms with Gasteiger partial charge in [-0.15, -0.1) is 0 Å². The lowest BCUT2D eigenvalue weighted by atomic mass is 10.0. The normalized spacial score (nSPS) is 11.6. The second-order valence-electron chi connectivity index (χ2n) is 34.5. The number of hydrogen-bond donors (Lipinski definition) is 0. The molecule has 0 aliphatic rings. The molecule has 0 aromatic heterocycles. The van der Waals surface area contributed by atoms with Crippen LogP contribution in [0.15, 0.2) is 0 Å². The van der Waals surface area contributed by atoms with E-state index in [4.69, 9.17) is 18.9 Å². The summed E-state index contributed by atoms with van der Waals surface area (Å²) in [6, 6.07) is 0. The Balaban J connectivity index is 0. The van der Waals surface area contributed by atoms with Crippen LogP contribution in [-0.4, -0.2) is 73.3 Å². The first-order valence-electron chi connectivity index (χ1n) is 47.6. The number of hydrogen-bond acceptors (Lipinski definition) is 10. The van der Waals surface area contributed by atoms with E-state index in [1.165, 1.54) is 385 Å². The molecule has 106 heavy (non-hydrogen) atoms. The van der Waals surface area contributed by atoms with Crippen LogP contribution < -0.4 is 0 Å². The molecule has 0 saturated heterocycles. The SMILES string of the molecule is CC(C)CCCCCCCCCCCCCCCCCCCCCOC(=O)CCSCCC(=O)OCCCCCCCCCCCCCCCCCCCCCC(C)C.CC(C)CCCCCCCCCCCCCCCOC(=O)CCSCCC(=O)OCCCCCCCCCCCCCCCC(C)C. The third-order valence-electron chi connectivity index (χ3n) is 21.6. The fourth-order valence-electron chi connectivity index (χ4n) is 14.4. The van der Waals surface area contributed by atoms with Gasteiger partial charge in [0.05, 0.1) is 52.1 Å². The predicted molar refractivity (Wildman–Crippen MR) is 470 cm³/mol. The van der Waals surface area contributed by atoms with Gasteiger partial charge in [-0.3, -0.25) is 19.2 Å². The van der Waals surface area contributed by atoms with Gasteiger partial charge in [-0.25, -0.2) is 0 Å². The maximum atomic E-state index is 12.0. The van der Waals surface area contributed by atoms with Gasteiger partial charge in [-0.1, -0.05) is 466 Å². The molecule has 0 spiro atoms. The number of carbonyl (C=O) groups excluding carboxylic acids is 4. The van der Waals surface area contributed by atoms with Crippen LogP contribution >= 0.6 is 23.5 Å². The molecule has 0 aromatic carbocycles. The summed E-state index contributed by atoms with van der Waals surface area (Å²) in [5, 5.41) is 0. The Labute approximate surface area is 672 Å². The van der Waals surface area contributed by atoms with Crippen molar-refractivity contribution in [1.82, 2.24) is 0 Å². The van der Waals surface area contributed by atoms with Crippen LogP contribution in [0.4, 0.5) is 0 Å². The Kier molecular flexibility index (Phi) is 93.0. The molecule has 0 bridgehead atoms. The van der Waals surface area contributed by atoms with Crippen LogP contribution in [0.5, 0.6) is 0 Å². The van der Waals surface area contributed by atoms with Gasteiger partial charge in [-0.2, -0.15) is 23.5 Å². The third kappa shape index (κ3) is 101. The van der Waals surface area contributed by atoms with E-state index in [2.05, 4.69) is 55.4 Å². The molecule has 0 saturated carbocycles. The highest BCUT2D eigenvalue weighted by molar-refractivity contribution is 7.99. The minimum atomic E-state index is -0.108. The van der Waals surface area contributed by atoms with Crippen molar-refractivity contribution in [2.24, 2.45) is 23.7 Å². The van der Waals surface area contributed by atoms with Gasteiger partial charge in [0, 0.05) is 23.0 Å². The standard InChI is InChI=1S/C54H106O4S.C42H82O4S/c1-51(2)43-39-35-31-27-23-19-15-11-7-5-9-13-17-21-25-29-33-37-41-47-57-53(55)45-49-59-50-46-54(56)58-48-42-38-34-30-26-22-18-14-10-6-8-12-16-20-24-28-32-36-40-44-52(3)4;1-39(2)31-27-23-19-15-11-7-5-9-13-17-21-25-29-35-45-41(43)33-37-47-38-34-42(44)46-36-30-26-22-18-14-10-6-8-12-16-20-24-28-32-40(3)4/h51-52H,5-50H2,1-4H3;39-40H,5-38H2,1-4H3. The van der Waals surface area contributed by atoms with Crippen molar-refractivity contribution in [2.75, 3.05) is 49.4 Å². The molecule has 0 N–H and O–H groups in total. The van der Waals surface area contributed by atoms with Gasteiger partial charge in [0.2, 0.25) is 0 Å². The van der Waals surface area contributed by atoms with E-state index in [-0.39, 0.29) is 23.9 Å². The summed E-state index contributed by atoms with van der Waals surface area (Å²) in [6.07, 6.45) is 94.0. The predicted octanol–water partition coefficient (Wildman–Crippen LogP) is 32.3. The topological polar surface area (TPSA) is 105 Å². The number of unbranched alkanes of at least 4 members (excludes halogenated alkanes) is 60. The highest BCUT2D eigenvalue weighted by Gasteiger charge is 2.10. The fraction of sp³-hybridized carbons (Fsp3) is 0.958. The first kappa shape index (κ1) is 107. The van der Waals surface area contributed by atoms with Crippen molar-refractivity contribution in [1.29, 1.82) is 0 Å². The molecule has 0 rings (SSSR count). The second-order valence-corrected chi connectivity index (χ2v) is 36.9. The Morgan fingerprint density at radius 1 is 0.170 bits per heavy atom. The summed E-state index contributed by atoms with van der Waals surface area (Å²) in [5.41, 5.74) is 0. The van der Waals surface area contributed by atoms with Crippen LogP contribution in [0.3, 0.4) is 0 Å². The summed E-state index contributed by atoms with van der Waals surface area (Å²) in [5.74, 6) is 5.89. The molecular formula is C96H188O8S2. The van der Waals surface area contributed by atoms with Gasteiger partial charge in [0.1, 0.15) is 0 Å². The molecule has 0 heterocycles. The van der Waals surface area contributed by atoms with Crippen molar-refractivity contribution < 1.29 is 38.1 Å². The van der Waals surface area contributed by atoms with Crippen molar-refractivity contribution in [3.8, 4) is 0 Å². The molecule has 0 aromatic rings. The van der Waals surface area contributed by atoms with Crippen LogP contribution in [0.1, 0.15) is 518 Å². The molecule has 8 nitrogen and oxygen atoms in total. The van der Waals surface area contributed by atoms with Crippen LogP contribution in [0.2, 0.25) is 0 Å². The number of thioether (sulfide) groups is 2. The lowest BCUT2D eigenvalue weighted by Crippen LogP contribution is -2.09. The largest absolute Gasteiger partial charge is 0.466 e. The van der Waals surface area contributed by atoms with E-state index < -0.39 is 0 Å². The summed E-state index contributed by atoms with van der Waals surface area (Å²) < 4.78 is 21.6. The van der Waals surface area contributed by atoms with E-state index in [0.29, 0.717) is 75.1 Å². The van der Waals surface area contributed by atoms with Gasteiger partial charge < -0.3 is 18.9 Å². The maximum Gasteiger partial charge on any atom is 0.306 e. The lowest BCUT2D eigenvalue weighted by molar-refractivity contribution is -0.144. The molecule has 0 aliphatic heterocycles. The van der Waals surface area contributed by atoms with Gasteiger partial charge in [0.25, 0.3) is 0 Å². The molecule has 0 unspecified atom stereocenters. The monoisotopic (exact) mass is 1530 g/mol. The van der Waals surface area contributed by atoms with E-state index in [1.54, 1.807) is 23.5 Å². The van der Waals surface area contributed by atoms with E-state index in [9.17, 15) is 19.2 Å². The van der Waals surface area contributed by atoms with Gasteiger partial charge >= 0.3 is 23.9 Å². The average molecular weight is 1530 g/mol. The number of ether oxygens (including phenoxy) is 4. The lowest BCUT2D eigenvalue weighted by Gasteiger charge is -2.06. The van der Waals surface area contributed by atoms with Crippen LogP contribution in [-0.2, 0) is 38.1 Å². The molecular weight excluding hydrogens is 1350 g/mol. The van der Waals surface area contributed by atoms with Crippen molar-refractivity contribution >= 4 is 47.4 Å². The van der Waals surface area contributed by atoms with Crippen LogP contribution in [0, 0.1) is 23.7 Å². The Morgan fingerprint density at radius 2 is 0.274 bits per heavy atom. The van der Waals surface area contributed by atoms with Gasteiger partial charge in [-0.05, 0) is 49.4 Å². The Bertz CT molecular complexity index is 1600. The van der Waals surface area contributed by atoms with E-state index in [0.717, 1.165) is 75.0 Å². The molecule has 0 fully saturated rings. The van der Waals surface area contributed by atoms with Gasteiger partial charge in [0.15, 0.2) is 0 Å². The second kappa shape index (κ2) is 92.4. The highest BCUT2D eigenvalue weighted by Crippen LogP contribution is 2.22. The molecule has 0 aliphatic carbocycles. The molecule has 632 valence electrons. The van der Waals surface area contributed by atoms with Crippen molar-refractivity contribution in [3.05, 3.63) is 0 Å². The van der Waals surface area contributed by atoms with E-state index >= 15 is 0 Å². The van der Waals surface area contributed by atoms with Crippen LogP contribution in [0.25, 0.3) is 0 Å². The Morgan fingerprint density at radius 3 is 0.387 bits per heavy atom. The molecule has 0 amide bonds. The van der Waals surface area contributed by atoms with Crippen molar-refractivity contribution in [2.45, 2.75) is 518 Å². The maximum absolute atomic E-state index is 12.0. The fourth-order valence-corrected chi connectivity index (χ4v) is 16.0. The zero-order valence-corrected chi connectivity index (χ0v) is 74.6. The average Bonchev–Trinajstić information content (AvgIpc) is 2.58. The highest BCUT2D eigenvalue weighted by atomic mass is 32.2. The zero-order valence-electron chi connectivity index (χ0n) is 73.0. The first-order chi connectivity index (χ1) is 51.8. The summed E-state index contributed by atoms with van der Waals surface area (Å²) >= 11 is 3.28. The summed E-state index contributed by atoms with van der Waals surface area (Å²) in [4.78, 5) is 48.0. The number of esters is 4. The smallest absolute Gasteiger partial charge is 0.306 e. The molecule has 0 atom stereocenters. The first-order valence-corrected chi connectivity index (χ1v) is 49.9. The quantitative estimate of drug-likeness (QED) is 0.0332. The Hall–Kier alpha value is -1.42. The summed E-state index contributed by atoms with van der Waals surface area (Å²) in [6.45, 7) is 20.8. The number of carbonyl (C=O) groups is 4. The van der Waals surface area contributed by atoms with Crippen molar-refractivity contribution in [3.63, 3.8) is 0 Å². The summed E-state index contributed by atoms with van der Waals surface area (Å²) in [7, 11) is 0. The molecule has 0 radical (unpaired) electrons.